The van der Waals surface area contributed by atoms with Crippen LogP contribution in [0.4, 0.5) is 0 Å². The molecule has 0 amide bonds. The number of quaternary nitrogens is 1. The second-order valence-electron chi connectivity index (χ2n) is 6.18. The maximum atomic E-state index is 9.63. The van der Waals surface area contributed by atoms with Gasteiger partial charge in [0.2, 0.25) is 0 Å². The van der Waals surface area contributed by atoms with Crippen LogP contribution in [0.5, 0.6) is 11.5 Å². The Bertz CT molecular complexity index is 726. The van der Waals surface area contributed by atoms with E-state index in [2.05, 4.69) is 22.2 Å². The van der Waals surface area contributed by atoms with E-state index in [4.69, 9.17) is 16.3 Å². The van der Waals surface area contributed by atoms with Gasteiger partial charge in [0.1, 0.15) is 6.54 Å². The van der Waals surface area contributed by atoms with Crippen molar-refractivity contribution in [2.45, 2.75) is 6.54 Å². The number of nitrogens with zero attached hydrogens (tertiary/aromatic N) is 2. The van der Waals surface area contributed by atoms with E-state index in [0.29, 0.717) is 5.75 Å². The Kier molecular flexibility index (Phi) is 5.79. The average molecular weight is 361 g/mol. The summed E-state index contributed by atoms with van der Waals surface area (Å²) in [6, 6.07) is 13.3. The molecule has 5 nitrogen and oxygen atoms in total. The Hall–Kier alpha value is -2.24. The molecule has 1 heterocycles. The third-order valence-electron chi connectivity index (χ3n) is 4.39. The molecule has 0 unspecified atom stereocenters. The van der Waals surface area contributed by atoms with Gasteiger partial charge in [-0.05, 0) is 35.9 Å². The normalized spacial score (nSPS) is 15.7. The molecule has 0 aliphatic carbocycles. The minimum absolute atomic E-state index is 0.138. The average Bonchev–Trinajstić information content (AvgIpc) is 2.64. The summed E-state index contributed by atoms with van der Waals surface area (Å²) in [4.78, 5) is 1.56. The molecule has 1 saturated heterocycles. The van der Waals surface area contributed by atoms with Gasteiger partial charge in [-0.3, -0.25) is 5.01 Å². The largest absolute Gasteiger partial charge is 0.504 e. The Balaban J connectivity index is 1.51. The second kappa shape index (κ2) is 8.23. The van der Waals surface area contributed by atoms with Gasteiger partial charge in [0.25, 0.3) is 0 Å². The van der Waals surface area contributed by atoms with E-state index in [1.54, 1.807) is 24.1 Å². The fourth-order valence-corrected chi connectivity index (χ4v) is 3.04. The van der Waals surface area contributed by atoms with Crippen molar-refractivity contribution >= 4 is 17.8 Å². The Morgan fingerprint density at radius 3 is 2.60 bits per heavy atom. The maximum absolute atomic E-state index is 9.63. The molecule has 0 atom stereocenters. The summed E-state index contributed by atoms with van der Waals surface area (Å²) in [5.74, 6) is 0.597. The van der Waals surface area contributed by atoms with E-state index < -0.39 is 0 Å². The van der Waals surface area contributed by atoms with E-state index in [0.717, 1.165) is 43.3 Å². The quantitative estimate of drug-likeness (QED) is 0.799. The highest BCUT2D eigenvalue weighted by Crippen LogP contribution is 2.25. The van der Waals surface area contributed by atoms with Crippen LogP contribution >= 0.6 is 11.6 Å². The number of phenols is 1. The van der Waals surface area contributed by atoms with E-state index >= 15 is 0 Å². The van der Waals surface area contributed by atoms with Gasteiger partial charge < -0.3 is 14.7 Å². The molecule has 132 valence electrons. The second-order valence-corrected chi connectivity index (χ2v) is 6.62. The van der Waals surface area contributed by atoms with E-state index in [-0.39, 0.29) is 5.75 Å². The zero-order valence-corrected chi connectivity index (χ0v) is 15.0. The molecule has 0 radical (unpaired) electrons. The first-order valence-corrected chi connectivity index (χ1v) is 8.76. The Labute approximate surface area is 153 Å². The molecule has 6 heteroatoms. The van der Waals surface area contributed by atoms with Crippen molar-refractivity contribution in [2.24, 2.45) is 5.10 Å². The van der Waals surface area contributed by atoms with Gasteiger partial charge in [-0.2, -0.15) is 5.10 Å². The molecule has 1 fully saturated rings. The molecular weight excluding hydrogens is 338 g/mol. The topological polar surface area (TPSA) is 49.5 Å². The summed E-state index contributed by atoms with van der Waals surface area (Å²) in [6.07, 6.45) is 1.81. The number of methoxy groups -OCH3 is 1. The Morgan fingerprint density at radius 2 is 1.92 bits per heavy atom. The summed E-state index contributed by atoms with van der Waals surface area (Å²) in [5.41, 5.74) is 2.22. The molecule has 0 aromatic heterocycles. The summed E-state index contributed by atoms with van der Waals surface area (Å²) in [5, 5.41) is 17.0. The number of benzene rings is 2. The van der Waals surface area contributed by atoms with E-state index in [9.17, 15) is 5.11 Å². The molecule has 0 bridgehead atoms. The van der Waals surface area contributed by atoms with Crippen LogP contribution in [-0.4, -0.2) is 49.6 Å². The van der Waals surface area contributed by atoms with Crippen LogP contribution in [0.3, 0.4) is 0 Å². The zero-order valence-electron chi connectivity index (χ0n) is 14.3. The number of rotatable bonds is 5. The number of aromatic hydroxyl groups is 1. The fraction of sp³-hybridized carbons (Fsp3) is 0.316. The first-order valence-electron chi connectivity index (χ1n) is 8.38. The molecule has 0 saturated carbocycles. The monoisotopic (exact) mass is 360 g/mol. The third kappa shape index (κ3) is 4.87. The van der Waals surface area contributed by atoms with Crippen LogP contribution in [0.2, 0.25) is 5.02 Å². The SMILES string of the molecule is COc1cc(C=NN2CC[NH+](Cc3ccc(Cl)cc3)CC2)ccc1O. The summed E-state index contributed by atoms with van der Waals surface area (Å²) < 4.78 is 5.12. The van der Waals surface area contributed by atoms with Gasteiger partial charge in [0, 0.05) is 10.6 Å². The predicted molar refractivity (Wildman–Crippen MR) is 99.7 cm³/mol. The van der Waals surface area contributed by atoms with Crippen LogP contribution in [0.1, 0.15) is 11.1 Å². The number of halogens is 1. The highest BCUT2D eigenvalue weighted by atomic mass is 35.5. The number of phenolic OH excluding ortho intramolecular Hbond substituents is 1. The Morgan fingerprint density at radius 1 is 1.20 bits per heavy atom. The number of hydrogen-bond donors (Lipinski definition) is 2. The van der Waals surface area contributed by atoms with Crippen molar-refractivity contribution in [3.63, 3.8) is 0 Å². The molecular formula is C19H23ClN3O2+. The van der Waals surface area contributed by atoms with Gasteiger partial charge in [-0.25, -0.2) is 0 Å². The van der Waals surface area contributed by atoms with Crippen LogP contribution < -0.4 is 9.64 Å². The highest BCUT2D eigenvalue weighted by Gasteiger charge is 2.18. The number of nitrogens with one attached hydrogen (secondary N) is 1. The molecule has 0 spiro atoms. The first kappa shape index (κ1) is 17.6. The number of hydrazone groups is 1. The lowest BCUT2D eigenvalue weighted by atomic mass is 10.2. The molecule has 25 heavy (non-hydrogen) atoms. The smallest absolute Gasteiger partial charge is 0.161 e. The van der Waals surface area contributed by atoms with Crippen molar-refractivity contribution in [1.82, 2.24) is 5.01 Å². The van der Waals surface area contributed by atoms with E-state index in [1.165, 1.54) is 5.56 Å². The van der Waals surface area contributed by atoms with Crippen LogP contribution in [0.15, 0.2) is 47.6 Å². The van der Waals surface area contributed by atoms with Crippen molar-refractivity contribution in [2.75, 3.05) is 33.3 Å². The molecule has 2 aromatic rings. The summed E-state index contributed by atoms with van der Waals surface area (Å²) in [6.45, 7) is 4.98. The minimum atomic E-state index is 0.138. The summed E-state index contributed by atoms with van der Waals surface area (Å²) >= 11 is 5.94. The molecule has 1 aliphatic rings. The van der Waals surface area contributed by atoms with Crippen LogP contribution in [0, 0.1) is 0 Å². The first-order chi connectivity index (χ1) is 12.1. The zero-order chi connectivity index (χ0) is 17.6. The minimum Gasteiger partial charge on any atom is -0.504 e. The third-order valence-corrected chi connectivity index (χ3v) is 4.64. The lowest BCUT2D eigenvalue weighted by Crippen LogP contribution is -3.13. The summed E-state index contributed by atoms with van der Waals surface area (Å²) in [7, 11) is 1.54. The number of hydrogen-bond acceptors (Lipinski definition) is 4. The number of ether oxygens (including phenoxy) is 1. The molecule has 3 rings (SSSR count). The fourth-order valence-electron chi connectivity index (χ4n) is 2.92. The van der Waals surface area contributed by atoms with Crippen molar-refractivity contribution in [3.05, 3.63) is 58.6 Å². The molecule has 1 aliphatic heterocycles. The van der Waals surface area contributed by atoms with E-state index in [1.807, 2.05) is 24.4 Å². The van der Waals surface area contributed by atoms with Crippen LogP contribution in [0.25, 0.3) is 0 Å². The van der Waals surface area contributed by atoms with Crippen molar-refractivity contribution in [1.29, 1.82) is 0 Å². The molecule has 2 aromatic carbocycles. The van der Waals surface area contributed by atoms with Gasteiger partial charge >= 0.3 is 0 Å². The number of piperazine rings is 1. The highest BCUT2D eigenvalue weighted by molar-refractivity contribution is 6.30. The van der Waals surface area contributed by atoms with Crippen molar-refractivity contribution < 1.29 is 14.7 Å². The molecule has 2 N–H and O–H groups in total. The van der Waals surface area contributed by atoms with Gasteiger partial charge in [0.15, 0.2) is 11.5 Å². The standard InChI is InChI=1S/C19H22ClN3O2/c1-25-19-12-16(4-7-18(19)24)13-21-23-10-8-22(9-11-23)14-15-2-5-17(20)6-3-15/h2-7,12-13,24H,8-11,14H2,1H3/p+1. The predicted octanol–water partition coefficient (Wildman–Crippen LogP) is 1.79. The lowest BCUT2D eigenvalue weighted by Gasteiger charge is -2.30. The lowest BCUT2D eigenvalue weighted by molar-refractivity contribution is -0.918. The van der Waals surface area contributed by atoms with Gasteiger partial charge in [0.05, 0.1) is 39.5 Å². The van der Waals surface area contributed by atoms with Gasteiger partial charge in [-0.15, -0.1) is 0 Å². The maximum Gasteiger partial charge on any atom is 0.161 e. The van der Waals surface area contributed by atoms with Gasteiger partial charge in [-0.1, -0.05) is 23.7 Å². The van der Waals surface area contributed by atoms with Crippen molar-refractivity contribution in [3.8, 4) is 11.5 Å². The van der Waals surface area contributed by atoms with Crippen LogP contribution in [-0.2, 0) is 6.54 Å².